The summed E-state index contributed by atoms with van der Waals surface area (Å²) < 4.78 is 14.8. The molecule has 1 aliphatic rings. The fourth-order valence-corrected chi connectivity index (χ4v) is 1.94. The van der Waals surface area contributed by atoms with Crippen LogP contribution in [0.15, 0.2) is 24.3 Å². The van der Waals surface area contributed by atoms with Crippen LogP contribution in [0.2, 0.25) is 0 Å². The maximum atomic E-state index is 11.8. The van der Waals surface area contributed by atoms with Gasteiger partial charge in [0.15, 0.2) is 0 Å². The van der Waals surface area contributed by atoms with E-state index in [0.717, 1.165) is 11.3 Å². The summed E-state index contributed by atoms with van der Waals surface area (Å²) in [7, 11) is 2.90. The van der Waals surface area contributed by atoms with Crippen molar-refractivity contribution < 1.29 is 23.8 Å². The number of hydrogen-bond donors (Lipinski definition) is 0. The summed E-state index contributed by atoms with van der Waals surface area (Å²) in [4.78, 5) is 24.6. The van der Waals surface area contributed by atoms with Gasteiger partial charge in [-0.2, -0.15) is 0 Å². The molecule has 0 spiro atoms. The molecular weight excluding hydrogens is 262 g/mol. The molecule has 0 aromatic heterocycles. The molecule has 1 aliphatic heterocycles. The Labute approximate surface area is 117 Å². The minimum absolute atomic E-state index is 0.160. The molecule has 0 bridgehead atoms. The van der Waals surface area contributed by atoms with Gasteiger partial charge < -0.3 is 14.2 Å². The van der Waals surface area contributed by atoms with E-state index in [4.69, 9.17) is 9.47 Å². The van der Waals surface area contributed by atoms with Gasteiger partial charge in [-0.3, -0.25) is 4.90 Å². The second-order valence-electron chi connectivity index (χ2n) is 4.42. The van der Waals surface area contributed by atoms with Crippen LogP contribution in [0.4, 0.5) is 4.79 Å². The highest BCUT2D eigenvalue weighted by Crippen LogP contribution is 2.20. The normalized spacial score (nSPS) is 17.1. The van der Waals surface area contributed by atoms with Crippen LogP contribution in [0.5, 0.6) is 5.75 Å². The van der Waals surface area contributed by atoms with Crippen molar-refractivity contribution in [1.29, 1.82) is 0 Å². The van der Waals surface area contributed by atoms with Crippen molar-refractivity contribution in [2.45, 2.75) is 19.1 Å². The van der Waals surface area contributed by atoms with Crippen LogP contribution in [0.3, 0.4) is 0 Å². The van der Waals surface area contributed by atoms with Crippen LogP contribution in [-0.2, 0) is 20.9 Å². The van der Waals surface area contributed by atoms with Gasteiger partial charge in [-0.15, -0.1) is 0 Å². The van der Waals surface area contributed by atoms with E-state index in [1.54, 1.807) is 19.2 Å². The molecule has 0 radical (unpaired) electrons. The van der Waals surface area contributed by atoms with Crippen molar-refractivity contribution in [3.8, 4) is 5.75 Å². The third-order valence-electron chi connectivity index (χ3n) is 3.25. The molecule has 1 heterocycles. The lowest BCUT2D eigenvalue weighted by Crippen LogP contribution is -2.55. The Morgan fingerprint density at radius 2 is 1.95 bits per heavy atom. The molecule has 0 saturated carbocycles. The highest BCUT2D eigenvalue weighted by molar-refractivity contribution is 5.83. The minimum atomic E-state index is -0.511. The Morgan fingerprint density at radius 1 is 1.25 bits per heavy atom. The molecule has 108 valence electrons. The average molecular weight is 279 g/mol. The number of benzene rings is 1. The first-order valence-corrected chi connectivity index (χ1v) is 6.30. The van der Waals surface area contributed by atoms with Crippen molar-refractivity contribution in [2.24, 2.45) is 0 Å². The minimum Gasteiger partial charge on any atom is -0.497 e. The largest absolute Gasteiger partial charge is 0.497 e. The molecule has 0 N–H and O–H groups in total. The topological polar surface area (TPSA) is 65.1 Å². The predicted molar refractivity (Wildman–Crippen MR) is 70.3 cm³/mol. The van der Waals surface area contributed by atoms with E-state index in [1.807, 2.05) is 12.1 Å². The molecule has 1 aromatic rings. The number of likely N-dealkylation sites (tertiary alicyclic amines) is 1. The van der Waals surface area contributed by atoms with Crippen LogP contribution in [0, 0.1) is 0 Å². The van der Waals surface area contributed by atoms with Gasteiger partial charge in [-0.25, -0.2) is 9.59 Å². The number of carbonyl (C=O) groups excluding carboxylic acids is 2. The number of nitrogens with zero attached hydrogens (tertiary/aromatic N) is 1. The van der Waals surface area contributed by atoms with E-state index >= 15 is 0 Å². The van der Waals surface area contributed by atoms with Crippen molar-refractivity contribution in [1.82, 2.24) is 4.90 Å². The maximum Gasteiger partial charge on any atom is 0.410 e. The third-order valence-corrected chi connectivity index (χ3v) is 3.25. The van der Waals surface area contributed by atoms with Crippen molar-refractivity contribution in [3.63, 3.8) is 0 Å². The number of ether oxygens (including phenoxy) is 3. The van der Waals surface area contributed by atoms with Gasteiger partial charge in [0.2, 0.25) is 0 Å². The first kappa shape index (κ1) is 14.2. The van der Waals surface area contributed by atoms with E-state index in [-0.39, 0.29) is 6.61 Å². The Kier molecular flexibility index (Phi) is 4.45. The zero-order valence-electron chi connectivity index (χ0n) is 11.5. The zero-order valence-corrected chi connectivity index (χ0v) is 11.5. The maximum absolute atomic E-state index is 11.8. The zero-order chi connectivity index (χ0) is 14.5. The summed E-state index contributed by atoms with van der Waals surface area (Å²) in [5, 5.41) is 0. The first-order valence-electron chi connectivity index (χ1n) is 6.30. The highest BCUT2D eigenvalue weighted by Gasteiger charge is 2.39. The second-order valence-corrected chi connectivity index (χ2v) is 4.42. The van der Waals surface area contributed by atoms with E-state index in [9.17, 15) is 9.59 Å². The van der Waals surface area contributed by atoms with Crippen LogP contribution in [0.25, 0.3) is 0 Å². The number of hydrogen-bond acceptors (Lipinski definition) is 5. The van der Waals surface area contributed by atoms with Crippen molar-refractivity contribution in [3.05, 3.63) is 29.8 Å². The lowest BCUT2D eigenvalue weighted by molar-refractivity contribution is -0.150. The number of rotatable bonds is 4. The first-order chi connectivity index (χ1) is 9.65. The van der Waals surface area contributed by atoms with Crippen LogP contribution in [0.1, 0.15) is 12.0 Å². The van der Waals surface area contributed by atoms with Crippen LogP contribution < -0.4 is 4.74 Å². The Hall–Kier alpha value is -2.24. The molecule has 0 aliphatic carbocycles. The molecule has 1 aromatic carbocycles. The van der Waals surface area contributed by atoms with Gasteiger partial charge in [-0.1, -0.05) is 12.1 Å². The highest BCUT2D eigenvalue weighted by atomic mass is 16.6. The molecule has 1 atom stereocenters. The fourth-order valence-electron chi connectivity index (χ4n) is 1.94. The molecule has 2 rings (SSSR count). The monoisotopic (exact) mass is 279 g/mol. The summed E-state index contributed by atoms with van der Waals surface area (Å²) in [5.41, 5.74) is 0.856. The van der Waals surface area contributed by atoms with Crippen molar-refractivity contribution in [2.75, 3.05) is 20.8 Å². The van der Waals surface area contributed by atoms with E-state index in [0.29, 0.717) is 13.0 Å². The number of carbonyl (C=O) groups is 2. The summed E-state index contributed by atoms with van der Waals surface area (Å²) in [6.07, 6.45) is 0.118. The van der Waals surface area contributed by atoms with Gasteiger partial charge in [0, 0.05) is 6.54 Å². The molecule has 20 heavy (non-hydrogen) atoms. The van der Waals surface area contributed by atoms with Crippen molar-refractivity contribution >= 4 is 12.1 Å². The molecular formula is C14H17NO5. The SMILES string of the molecule is COC(=O)C1CCN1C(=O)OCc1ccc(OC)cc1. The lowest BCUT2D eigenvalue weighted by atomic mass is 10.1. The quantitative estimate of drug-likeness (QED) is 0.783. The molecule has 1 amide bonds. The Morgan fingerprint density at radius 3 is 2.45 bits per heavy atom. The number of esters is 1. The summed E-state index contributed by atoms with van der Waals surface area (Å²) in [6.45, 7) is 0.675. The molecule has 1 fully saturated rings. The average Bonchev–Trinajstić information content (AvgIpc) is 2.44. The summed E-state index contributed by atoms with van der Waals surface area (Å²) in [5.74, 6) is 0.339. The molecule has 6 nitrogen and oxygen atoms in total. The summed E-state index contributed by atoms with van der Waals surface area (Å²) in [6, 6.07) is 6.72. The lowest BCUT2D eigenvalue weighted by Gasteiger charge is -2.37. The summed E-state index contributed by atoms with van der Waals surface area (Å²) >= 11 is 0. The van der Waals surface area contributed by atoms with Gasteiger partial charge in [0.25, 0.3) is 0 Å². The van der Waals surface area contributed by atoms with Crippen LogP contribution >= 0.6 is 0 Å². The smallest absolute Gasteiger partial charge is 0.410 e. The fraction of sp³-hybridized carbons (Fsp3) is 0.429. The third kappa shape index (κ3) is 3.01. The number of amides is 1. The van der Waals surface area contributed by atoms with Gasteiger partial charge in [0.05, 0.1) is 14.2 Å². The number of methoxy groups -OCH3 is 2. The molecule has 1 unspecified atom stereocenters. The standard InChI is InChI=1S/C14H17NO5/c1-18-11-5-3-10(4-6-11)9-20-14(17)15-8-7-12(15)13(16)19-2/h3-6,12H,7-9H2,1-2H3. The van der Waals surface area contributed by atoms with Gasteiger partial charge in [0.1, 0.15) is 18.4 Å². The van der Waals surface area contributed by atoms with Gasteiger partial charge >= 0.3 is 12.1 Å². The van der Waals surface area contributed by atoms with Gasteiger partial charge in [-0.05, 0) is 24.1 Å². The Bertz CT molecular complexity index is 485. The Balaban J connectivity index is 1.84. The van der Waals surface area contributed by atoms with Crippen LogP contribution in [-0.4, -0.2) is 43.8 Å². The molecule has 6 heteroatoms. The van der Waals surface area contributed by atoms with E-state index in [1.165, 1.54) is 12.0 Å². The second kappa shape index (κ2) is 6.27. The molecule has 1 saturated heterocycles. The van der Waals surface area contributed by atoms with E-state index < -0.39 is 18.1 Å². The predicted octanol–water partition coefficient (Wildman–Crippen LogP) is 1.58. The van der Waals surface area contributed by atoms with E-state index in [2.05, 4.69) is 4.74 Å².